The molecule has 0 aliphatic carbocycles. The highest BCUT2D eigenvalue weighted by molar-refractivity contribution is 7.80. The zero-order valence-corrected chi connectivity index (χ0v) is 22.3. The predicted octanol–water partition coefficient (Wildman–Crippen LogP) is 0.829. The number of thiol groups is 2. The van der Waals surface area contributed by atoms with Crippen LogP contribution in [-0.4, -0.2) is 129 Å². The zero-order valence-electron chi connectivity index (χ0n) is 20.5. The van der Waals surface area contributed by atoms with E-state index in [9.17, 15) is 9.59 Å². The molecule has 35 heavy (non-hydrogen) atoms. The van der Waals surface area contributed by atoms with Gasteiger partial charge in [-0.3, -0.25) is 9.59 Å². The summed E-state index contributed by atoms with van der Waals surface area (Å²) < 4.78 is 47.4. The molecule has 0 saturated carbocycles. The lowest BCUT2D eigenvalue weighted by Gasteiger charge is -2.09. The van der Waals surface area contributed by atoms with Gasteiger partial charge >= 0.3 is 11.9 Å². The Kier molecular flexibility index (Phi) is 29.0. The van der Waals surface area contributed by atoms with E-state index >= 15 is 0 Å². The number of esters is 2. The summed E-state index contributed by atoms with van der Waals surface area (Å²) in [5.74, 6) is 0.422. The lowest BCUT2D eigenvalue weighted by Crippen LogP contribution is -2.15. The molecule has 0 aromatic heterocycles. The predicted molar refractivity (Wildman–Crippen MR) is 135 cm³/mol. The van der Waals surface area contributed by atoms with Crippen molar-refractivity contribution in [3.05, 3.63) is 0 Å². The average molecular weight is 547 g/mol. The molecule has 0 N–H and O–H groups in total. The first kappa shape index (κ1) is 34.4. The van der Waals surface area contributed by atoms with Gasteiger partial charge in [0.05, 0.1) is 105 Å². The molecule has 0 aromatic rings. The van der Waals surface area contributed by atoms with E-state index in [1.165, 1.54) is 0 Å². The molecule has 0 bridgehead atoms. The van der Waals surface area contributed by atoms with E-state index in [4.69, 9.17) is 42.6 Å². The van der Waals surface area contributed by atoms with Gasteiger partial charge in [0.1, 0.15) is 13.2 Å². The Morgan fingerprint density at radius 3 is 0.771 bits per heavy atom. The van der Waals surface area contributed by atoms with Crippen molar-refractivity contribution < 1.29 is 52.2 Å². The van der Waals surface area contributed by atoms with Gasteiger partial charge in [0, 0.05) is 11.5 Å². The molecule has 0 radical (unpaired) electrons. The lowest BCUT2D eigenvalue weighted by molar-refractivity contribution is -0.145. The highest BCUT2D eigenvalue weighted by Gasteiger charge is 2.01. The fourth-order valence-electron chi connectivity index (χ4n) is 2.18. The fraction of sp³-hybridized carbons (Fsp3) is 0.909. The summed E-state index contributed by atoms with van der Waals surface area (Å²) in [6, 6.07) is 0. The normalized spacial score (nSPS) is 11.0. The second-order valence-electron chi connectivity index (χ2n) is 6.67. The molecule has 11 nitrogen and oxygen atoms in total. The maximum absolute atomic E-state index is 11.1. The maximum Gasteiger partial charge on any atom is 0.306 e. The molecular formula is C22H42O11S2. The topological polar surface area (TPSA) is 117 Å². The second-order valence-corrected chi connectivity index (χ2v) is 7.57. The molecule has 0 fully saturated rings. The summed E-state index contributed by atoms with van der Waals surface area (Å²) in [6.07, 6.45) is 0.610. The van der Waals surface area contributed by atoms with Gasteiger partial charge in [-0.1, -0.05) is 0 Å². The number of hydrogen-bond acceptors (Lipinski definition) is 13. The van der Waals surface area contributed by atoms with Crippen molar-refractivity contribution >= 4 is 37.2 Å². The first-order valence-electron chi connectivity index (χ1n) is 11.8. The molecule has 0 aliphatic rings. The van der Waals surface area contributed by atoms with Crippen molar-refractivity contribution in [3.63, 3.8) is 0 Å². The molecule has 0 amide bonds. The van der Waals surface area contributed by atoms with Gasteiger partial charge in [-0.2, -0.15) is 25.3 Å². The fourth-order valence-corrected chi connectivity index (χ4v) is 2.54. The van der Waals surface area contributed by atoms with E-state index in [0.29, 0.717) is 117 Å². The second kappa shape index (κ2) is 29.6. The van der Waals surface area contributed by atoms with Gasteiger partial charge in [0.25, 0.3) is 0 Å². The van der Waals surface area contributed by atoms with Crippen LogP contribution in [0, 0.1) is 0 Å². The third-order valence-electron chi connectivity index (χ3n) is 3.85. The Balaban J connectivity index is 3.08. The lowest BCUT2D eigenvalue weighted by atomic mass is 10.5. The first-order valence-corrected chi connectivity index (χ1v) is 13.0. The molecule has 0 unspecified atom stereocenters. The molecule has 0 rings (SSSR count). The van der Waals surface area contributed by atoms with E-state index in [1.54, 1.807) is 0 Å². The van der Waals surface area contributed by atoms with Crippen LogP contribution >= 0.6 is 25.3 Å². The van der Waals surface area contributed by atoms with Gasteiger partial charge in [-0.15, -0.1) is 0 Å². The van der Waals surface area contributed by atoms with Crippen molar-refractivity contribution in [3.8, 4) is 0 Å². The van der Waals surface area contributed by atoms with Crippen molar-refractivity contribution in [2.75, 3.05) is 117 Å². The van der Waals surface area contributed by atoms with Gasteiger partial charge in [-0.25, -0.2) is 0 Å². The van der Waals surface area contributed by atoms with E-state index in [2.05, 4.69) is 25.3 Å². The summed E-state index contributed by atoms with van der Waals surface area (Å²) in [6.45, 7) is 6.76. The van der Waals surface area contributed by atoms with Crippen LogP contribution in [-0.2, 0) is 52.2 Å². The van der Waals surface area contributed by atoms with E-state index < -0.39 is 0 Å². The van der Waals surface area contributed by atoms with Crippen LogP contribution in [0.1, 0.15) is 12.8 Å². The van der Waals surface area contributed by atoms with Crippen molar-refractivity contribution in [1.82, 2.24) is 0 Å². The molecule has 0 heterocycles. The Labute approximate surface area is 219 Å². The SMILES string of the molecule is O=C(CCS)OCCOCCOCCOCCOCCOCCOCCOCCOC(=O)CCS. The minimum atomic E-state index is -0.267. The highest BCUT2D eigenvalue weighted by Crippen LogP contribution is 1.91. The largest absolute Gasteiger partial charge is 0.463 e. The van der Waals surface area contributed by atoms with Crippen LogP contribution < -0.4 is 0 Å². The minimum Gasteiger partial charge on any atom is -0.463 e. The number of ether oxygens (including phenoxy) is 9. The molecule has 0 spiro atoms. The monoisotopic (exact) mass is 546 g/mol. The number of rotatable bonds is 28. The van der Waals surface area contributed by atoms with Crippen LogP contribution in [0.15, 0.2) is 0 Å². The molecule has 0 saturated heterocycles. The molecular weight excluding hydrogens is 504 g/mol. The van der Waals surface area contributed by atoms with Crippen molar-refractivity contribution in [2.45, 2.75) is 12.8 Å². The molecule has 0 atom stereocenters. The summed E-state index contributed by atoms with van der Waals surface area (Å²) in [7, 11) is 0. The molecule has 208 valence electrons. The summed E-state index contributed by atoms with van der Waals surface area (Å²) in [5, 5.41) is 0. The zero-order chi connectivity index (χ0) is 25.7. The molecule has 13 heteroatoms. The number of carbonyl (C=O) groups excluding carboxylic acids is 2. The Hall–Kier alpha value is -0.640. The van der Waals surface area contributed by atoms with Crippen LogP contribution in [0.25, 0.3) is 0 Å². The Bertz CT molecular complexity index is 433. The first-order chi connectivity index (χ1) is 17.2. The highest BCUT2D eigenvalue weighted by atomic mass is 32.1. The summed E-state index contributed by atoms with van der Waals surface area (Å²) in [5.41, 5.74) is 0. The van der Waals surface area contributed by atoms with Gasteiger partial charge in [0.2, 0.25) is 0 Å². The van der Waals surface area contributed by atoms with Gasteiger partial charge in [0.15, 0.2) is 0 Å². The Morgan fingerprint density at radius 2 is 0.571 bits per heavy atom. The average Bonchev–Trinajstić information content (AvgIpc) is 2.84. The summed E-state index contributed by atoms with van der Waals surface area (Å²) in [4.78, 5) is 22.2. The van der Waals surface area contributed by atoms with Gasteiger partial charge < -0.3 is 42.6 Å². The van der Waals surface area contributed by atoms with Crippen molar-refractivity contribution in [1.29, 1.82) is 0 Å². The van der Waals surface area contributed by atoms with Crippen LogP contribution in [0.5, 0.6) is 0 Å². The van der Waals surface area contributed by atoms with Crippen molar-refractivity contribution in [2.24, 2.45) is 0 Å². The summed E-state index contributed by atoms with van der Waals surface area (Å²) >= 11 is 7.91. The van der Waals surface area contributed by atoms with Crippen LogP contribution in [0.4, 0.5) is 0 Å². The van der Waals surface area contributed by atoms with E-state index in [0.717, 1.165) is 0 Å². The minimum absolute atomic E-state index is 0.240. The third kappa shape index (κ3) is 29.5. The third-order valence-corrected chi connectivity index (χ3v) is 4.29. The molecule has 0 aromatic carbocycles. The van der Waals surface area contributed by atoms with Crippen LogP contribution in [0.2, 0.25) is 0 Å². The van der Waals surface area contributed by atoms with Crippen LogP contribution in [0.3, 0.4) is 0 Å². The molecule has 0 aliphatic heterocycles. The van der Waals surface area contributed by atoms with E-state index in [1.807, 2.05) is 0 Å². The standard InChI is InChI=1S/C22H42O11S2/c23-21(1-19-34)32-17-15-30-13-11-28-9-7-26-5-3-25-4-6-27-8-10-29-12-14-31-16-18-33-22(24)2-20-35/h34-35H,1-20H2. The van der Waals surface area contributed by atoms with E-state index in [-0.39, 0.29) is 25.2 Å². The number of carbonyl (C=O) groups is 2. The van der Waals surface area contributed by atoms with Gasteiger partial charge in [-0.05, 0) is 0 Å². The smallest absolute Gasteiger partial charge is 0.306 e. The Morgan fingerprint density at radius 1 is 0.371 bits per heavy atom. The quantitative estimate of drug-likeness (QED) is 0.0826. The number of hydrogen-bond donors (Lipinski definition) is 2. The maximum atomic E-state index is 11.1.